The lowest BCUT2D eigenvalue weighted by Crippen LogP contribution is -2.44. The van der Waals surface area contributed by atoms with E-state index >= 15 is 0 Å². The van der Waals surface area contributed by atoms with Gasteiger partial charge in [0.15, 0.2) is 0 Å². The van der Waals surface area contributed by atoms with Gasteiger partial charge in [0.05, 0.1) is 0 Å². The quantitative estimate of drug-likeness (QED) is 0.859. The predicted molar refractivity (Wildman–Crippen MR) is 75.0 cm³/mol. The Hall–Kier alpha value is -1.06. The Balaban J connectivity index is 1.54. The number of hydrogen-bond donors (Lipinski definition) is 1. The molecule has 2 aliphatic carbocycles. The third-order valence-corrected chi connectivity index (χ3v) is 5.66. The van der Waals surface area contributed by atoms with Crippen molar-refractivity contribution in [2.75, 3.05) is 13.1 Å². The number of likely N-dealkylation sites (tertiary alicyclic amines) is 1. The average molecular weight is 279 g/mol. The molecule has 0 aromatic rings. The molecule has 4 heteroatoms. The number of aliphatic carboxylic acids is 1. The Labute approximate surface area is 120 Å². The Kier molecular flexibility index (Phi) is 3.74. The highest BCUT2D eigenvalue weighted by molar-refractivity contribution is 5.79. The minimum absolute atomic E-state index is 0.167. The molecule has 1 aliphatic heterocycles. The lowest BCUT2D eigenvalue weighted by atomic mass is 9.84. The van der Waals surface area contributed by atoms with Crippen LogP contribution in [0.15, 0.2) is 0 Å². The summed E-state index contributed by atoms with van der Waals surface area (Å²) in [6.45, 7) is 3.66. The monoisotopic (exact) mass is 279 g/mol. The second kappa shape index (κ2) is 5.38. The maximum Gasteiger partial charge on any atom is 0.303 e. The highest BCUT2D eigenvalue weighted by Gasteiger charge is 2.49. The van der Waals surface area contributed by atoms with Crippen LogP contribution in [0, 0.1) is 29.6 Å². The largest absolute Gasteiger partial charge is 0.481 e. The number of fused-ring (bicyclic) bond motifs is 1. The van der Waals surface area contributed by atoms with Crippen molar-refractivity contribution >= 4 is 11.9 Å². The zero-order chi connectivity index (χ0) is 14.3. The minimum atomic E-state index is -0.725. The van der Waals surface area contributed by atoms with Gasteiger partial charge in [-0.15, -0.1) is 0 Å². The van der Waals surface area contributed by atoms with Gasteiger partial charge in [0, 0.05) is 25.4 Å². The molecule has 3 fully saturated rings. The van der Waals surface area contributed by atoms with Crippen LogP contribution in [0.25, 0.3) is 0 Å². The van der Waals surface area contributed by atoms with Gasteiger partial charge in [-0.25, -0.2) is 0 Å². The number of rotatable bonds is 4. The number of carbonyl (C=O) groups excluding carboxylic acids is 1. The Morgan fingerprint density at radius 3 is 2.60 bits per heavy atom. The standard InChI is InChI=1S/C16H25NO3/c1-10(5-15(18)19)11-3-2-4-17(9-11)16(20)14-7-12-6-13(12)8-14/h10-14H,2-9H2,1H3,(H,18,19). The Morgan fingerprint density at radius 2 is 1.95 bits per heavy atom. The van der Waals surface area contributed by atoms with Gasteiger partial charge in [-0.3, -0.25) is 9.59 Å². The molecule has 4 unspecified atom stereocenters. The van der Waals surface area contributed by atoms with Crippen LogP contribution in [0.1, 0.15) is 45.4 Å². The molecule has 0 aromatic heterocycles. The number of amides is 1. The molecular formula is C16H25NO3. The summed E-state index contributed by atoms with van der Waals surface area (Å²) in [4.78, 5) is 25.4. The fourth-order valence-electron chi connectivity index (χ4n) is 4.29. The van der Waals surface area contributed by atoms with Crippen molar-refractivity contribution in [3.63, 3.8) is 0 Å². The van der Waals surface area contributed by atoms with Crippen LogP contribution < -0.4 is 0 Å². The number of hydrogen-bond acceptors (Lipinski definition) is 2. The summed E-state index contributed by atoms with van der Waals surface area (Å²) >= 11 is 0. The summed E-state index contributed by atoms with van der Waals surface area (Å²) < 4.78 is 0. The number of nitrogens with zero attached hydrogens (tertiary/aromatic N) is 1. The molecule has 2 saturated carbocycles. The molecule has 0 bridgehead atoms. The molecule has 1 amide bonds. The summed E-state index contributed by atoms with van der Waals surface area (Å²) in [5, 5.41) is 8.92. The third-order valence-electron chi connectivity index (χ3n) is 5.66. The fraction of sp³-hybridized carbons (Fsp3) is 0.875. The second-order valence-electron chi connectivity index (χ2n) is 7.19. The van der Waals surface area contributed by atoms with Crippen LogP contribution in [0.5, 0.6) is 0 Å². The van der Waals surface area contributed by atoms with Crippen molar-refractivity contribution in [2.24, 2.45) is 29.6 Å². The van der Waals surface area contributed by atoms with E-state index in [-0.39, 0.29) is 18.3 Å². The van der Waals surface area contributed by atoms with Gasteiger partial charge in [-0.2, -0.15) is 0 Å². The first kappa shape index (κ1) is 13.9. The van der Waals surface area contributed by atoms with Crippen molar-refractivity contribution in [2.45, 2.75) is 45.4 Å². The van der Waals surface area contributed by atoms with Crippen LogP contribution in [-0.4, -0.2) is 35.0 Å². The summed E-state index contributed by atoms with van der Waals surface area (Å²) in [5.41, 5.74) is 0. The predicted octanol–water partition coefficient (Wildman–Crippen LogP) is 2.38. The summed E-state index contributed by atoms with van der Waals surface area (Å²) in [5.74, 6) is 2.11. The van der Waals surface area contributed by atoms with Crippen molar-refractivity contribution in [1.29, 1.82) is 0 Å². The zero-order valence-corrected chi connectivity index (χ0v) is 12.3. The number of carboxylic acids is 1. The first-order valence-corrected chi connectivity index (χ1v) is 8.05. The third kappa shape index (κ3) is 2.84. The molecule has 112 valence electrons. The Bertz CT molecular complexity index is 399. The van der Waals surface area contributed by atoms with E-state index in [4.69, 9.17) is 5.11 Å². The number of carboxylic acid groups (broad SMARTS) is 1. The van der Waals surface area contributed by atoms with Crippen LogP contribution in [-0.2, 0) is 9.59 Å². The topological polar surface area (TPSA) is 57.6 Å². The van der Waals surface area contributed by atoms with Gasteiger partial charge in [-0.05, 0) is 55.8 Å². The van der Waals surface area contributed by atoms with E-state index in [1.165, 1.54) is 6.42 Å². The maximum atomic E-state index is 12.6. The first-order valence-electron chi connectivity index (χ1n) is 8.05. The molecule has 3 aliphatic rings. The molecule has 20 heavy (non-hydrogen) atoms. The van der Waals surface area contributed by atoms with Gasteiger partial charge >= 0.3 is 5.97 Å². The smallest absolute Gasteiger partial charge is 0.303 e. The number of carbonyl (C=O) groups is 2. The first-order chi connectivity index (χ1) is 9.54. The number of piperidine rings is 1. The minimum Gasteiger partial charge on any atom is -0.481 e. The molecule has 4 nitrogen and oxygen atoms in total. The van der Waals surface area contributed by atoms with Gasteiger partial charge in [-0.1, -0.05) is 6.92 Å². The SMILES string of the molecule is CC(CC(=O)O)C1CCCN(C(=O)C2CC3CC3C2)C1. The summed E-state index contributed by atoms with van der Waals surface area (Å²) in [6, 6.07) is 0. The molecule has 0 aromatic carbocycles. The Morgan fingerprint density at radius 1 is 1.25 bits per heavy atom. The van der Waals surface area contributed by atoms with E-state index in [0.717, 1.165) is 50.6 Å². The van der Waals surface area contributed by atoms with Gasteiger partial charge in [0.25, 0.3) is 0 Å². The fourth-order valence-corrected chi connectivity index (χ4v) is 4.29. The maximum absolute atomic E-state index is 12.6. The van der Waals surface area contributed by atoms with Crippen molar-refractivity contribution < 1.29 is 14.7 Å². The molecule has 3 rings (SSSR count). The molecular weight excluding hydrogens is 254 g/mol. The lowest BCUT2D eigenvalue weighted by Gasteiger charge is -2.37. The lowest BCUT2D eigenvalue weighted by molar-refractivity contribution is -0.139. The normalized spacial score (nSPS) is 37.4. The zero-order valence-electron chi connectivity index (χ0n) is 12.3. The van der Waals surface area contributed by atoms with Crippen LogP contribution in [0.4, 0.5) is 0 Å². The van der Waals surface area contributed by atoms with Gasteiger partial charge in [0.2, 0.25) is 5.91 Å². The molecule has 1 heterocycles. The van der Waals surface area contributed by atoms with E-state index < -0.39 is 5.97 Å². The van der Waals surface area contributed by atoms with Crippen LogP contribution in [0.2, 0.25) is 0 Å². The van der Waals surface area contributed by atoms with Gasteiger partial charge < -0.3 is 10.0 Å². The van der Waals surface area contributed by atoms with E-state index in [9.17, 15) is 9.59 Å². The molecule has 1 saturated heterocycles. The molecule has 4 atom stereocenters. The van der Waals surface area contributed by atoms with Crippen molar-refractivity contribution in [1.82, 2.24) is 4.90 Å². The second-order valence-corrected chi connectivity index (χ2v) is 7.19. The van der Waals surface area contributed by atoms with E-state index in [1.807, 2.05) is 11.8 Å². The van der Waals surface area contributed by atoms with E-state index in [0.29, 0.717) is 11.8 Å². The highest BCUT2D eigenvalue weighted by atomic mass is 16.4. The van der Waals surface area contributed by atoms with Crippen molar-refractivity contribution in [3.05, 3.63) is 0 Å². The van der Waals surface area contributed by atoms with E-state index in [1.54, 1.807) is 0 Å². The summed E-state index contributed by atoms with van der Waals surface area (Å²) in [7, 11) is 0. The van der Waals surface area contributed by atoms with Crippen LogP contribution in [0.3, 0.4) is 0 Å². The molecule has 0 radical (unpaired) electrons. The highest BCUT2D eigenvalue weighted by Crippen LogP contribution is 2.54. The average Bonchev–Trinajstić information content (AvgIpc) is 3.04. The van der Waals surface area contributed by atoms with Gasteiger partial charge in [0.1, 0.15) is 0 Å². The molecule has 1 N–H and O–H groups in total. The van der Waals surface area contributed by atoms with Crippen LogP contribution >= 0.6 is 0 Å². The summed E-state index contributed by atoms with van der Waals surface area (Å²) in [6.07, 6.45) is 5.88. The molecule has 0 spiro atoms. The van der Waals surface area contributed by atoms with E-state index in [2.05, 4.69) is 0 Å². The van der Waals surface area contributed by atoms with Crippen molar-refractivity contribution in [3.8, 4) is 0 Å².